The molecule has 2 aromatic carbocycles. The third-order valence-corrected chi connectivity index (χ3v) is 3.12. The quantitative estimate of drug-likeness (QED) is 0.777. The Kier molecular flexibility index (Phi) is 3.83. The topological polar surface area (TPSA) is 3.24 Å². The molecule has 0 N–H and O–H groups in total. The smallest absolute Gasteiger partial charge is 0.0361 e. The number of nitrogens with zero attached hydrogens (tertiary/aromatic N) is 1. The average molecular weight is 237 g/mol. The summed E-state index contributed by atoms with van der Waals surface area (Å²) < 4.78 is 0. The molecule has 0 atom stereocenters. The molecule has 0 aliphatic rings. The van der Waals surface area contributed by atoms with E-state index in [1.165, 1.54) is 22.4 Å². The van der Waals surface area contributed by atoms with Crippen molar-refractivity contribution in [3.63, 3.8) is 0 Å². The van der Waals surface area contributed by atoms with Gasteiger partial charge in [0.15, 0.2) is 0 Å². The summed E-state index contributed by atoms with van der Waals surface area (Å²) in [5.41, 5.74) is 5.10. The van der Waals surface area contributed by atoms with E-state index >= 15 is 0 Å². The van der Waals surface area contributed by atoms with Gasteiger partial charge in [0.25, 0.3) is 0 Å². The van der Waals surface area contributed by atoms with Crippen molar-refractivity contribution >= 4 is 11.8 Å². The minimum absolute atomic E-state index is 0.954. The summed E-state index contributed by atoms with van der Waals surface area (Å²) in [6.45, 7) is 3.86. The molecule has 0 fully saturated rings. The minimum Gasteiger partial charge on any atom is -0.378 e. The van der Waals surface area contributed by atoms with Gasteiger partial charge in [-0.15, -0.1) is 0 Å². The van der Waals surface area contributed by atoms with E-state index in [0.29, 0.717) is 0 Å². The van der Waals surface area contributed by atoms with Gasteiger partial charge in [0.1, 0.15) is 0 Å². The Hall–Kier alpha value is -2.02. The Morgan fingerprint density at radius 2 is 1.67 bits per heavy atom. The molecule has 0 unspecified atom stereocenters. The van der Waals surface area contributed by atoms with E-state index in [1.54, 1.807) is 0 Å². The summed E-state index contributed by atoms with van der Waals surface area (Å²) in [6, 6.07) is 17.1. The molecule has 18 heavy (non-hydrogen) atoms. The standard InChI is InChI=1S/C17H19N/c1-4-15-7-5-6-8-16(15)13-14-9-11-17(12-10-14)18(2)3/h4-12H,1,13H2,2-3H3. The van der Waals surface area contributed by atoms with Crippen LogP contribution in [0.1, 0.15) is 16.7 Å². The highest BCUT2D eigenvalue weighted by Crippen LogP contribution is 2.18. The molecule has 0 bridgehead atoms. The zero-order chi connectivity index (χ0) is 13.0. The molecule has 0 aliphatic carbocycles. The van der Waals surface area contributed by atoms with Crippen LogP contribution in [-0.4, -0.2) is 14.1 Å². The number of rotatable bonds is 4. The summed E-state index contributed by atoms with van der Waals surface area (Å²) >= 11 is 0. The Morgan fingerprint density at radius 3 is 2.28 bits per heavy atom. The van der Waals surface area contributed by atoms with Crippen LogP contribution in [0.15, 0.2) is 55.1 Å². The molecular weight excluding hydrogens is 218 g/mol. The lowest BCUT2D eigenvalue weighted by atomic mass is 9.99. The maximum absolute atomic E-state index is 3.86. The maximum atomic E-state index is 3.86. The highest BCUT2D eigenvalue weighted by molar-refractivity contribution is 5.53. The highest BCUT2D eigenvalue weighted by Gasteiger charge is 2.01. The highest BCUT2D eigenvalue weighted by atomic mass is 15.1. The first kappa shape index (κ1) is 12.4. The van der Waals surface area contributed by atoms with Crippen LogP contribution < -0.4 is 4.90 Å². The second-order valence-corrected chi connectivity index (χ2v) is 4.64. The van der Waals surface area contributed by atoms with Crippen molar-refractivity contribution in [3.05, 3.63) is 71.8 Å². The zero-order valence-corrected chi connectivity index (χ0v) is 11.1. The number of hydrogen-bond donors (Lipinski definition) is 0. The lowest BCUT2D eigenvalue weighted by Crippen LogP contribution is -2.08. The van der Waals surface area contributed by atoms with Crippen LogP contribution in [0.25, 0.3) is 6.08 Å². The third-order valence-electron chi connectivity index (χ3n) is 3.12. The van der Waals surface area contributed by atoms with Gasteiger partial charge in [0, 0.05) is 19.8 Å². The Balaban J connectivity index is 2.21. The first-order valence-corrected chi connectivity index (χ1v) is 6.17. The first-order chi connectivity index (χ1) is 8.70. The van der Waals surface area contributed by atoms with Crippen LogP contribution in [0.2, 0.25) is 0 Å². The van der Waals surface area contributed by atoms with Gasteiger partial charge in [-0.25, -0.2) is 0 Å². The van der Waals surface area contributed by atoms with Crippen molar-refractivity contribution in [2.45, 2.75) is 6.42 Å². The van der Waals surface area contributed by atoms with Gasteiger partial charge in [-0.1, -0.05) is 49.1 Å². The normalized spacial score (nSPS) is 10.1. The van der Waals surface area contributed by atoms with Crippen molar-refractivity contribution in [2.24, 2.45) is 0 Å². The summed E-state index contributed by atoms with van der Waals surface area (Å²) in [5, 5.41) is 0. The van der Waals surface area contributed by atoms with Gasteiger partial charge in [-0.3, -0.25) is 0 Å². The van der Waals surface area contributed by atoms with Crippen LogP contribution in [-0.2, 0) is 6.42 Å². The molecule has 0 aromatic heterocycles. The van der Waals surface area contributed by atoms with Crippen LogP contribution in [0.3, 0.4) is 0 Å². The van der Waals surface area contributed by atoms with E-state index in [1.807, 2.05) is 6.08 Å². The molecule has 0 aliphatic heterocycles. The third kappa shape index (κ3) is 2.80. The van der Waals surface area contributed by atoms with Gasteiger partial charge >= 0.3 is 0 Å². The fourth-order valence-electron chi connectivity index (χ4n) is 2.03. The van der Waals surface area contributed by atoms with Crippen LogP contribution in [0.5, 0.6) is 0 Å². The van der Waals surface area contributed by atoms with Crippen LogP contribution in [0, 0.1) is 0 Å². The predicted molar refractivity (Wildman–Crippen MR) is 80.1 cm³/mol. The van der Waals surface area contributed by atoms with E-state index in [2.05, 4.69) is 74.1 Å². The summed E-state index contributed by atoms with van der Waals surface area (Å²) in [4.78, 5) is 2.11. The van der Waals surface area contributed by atoms with Gasteiger partial charge in [0.05, 0.1) is 0 Å². The Labute approximate surface area is 109 Å². The summed E-state index contributed by atoms with van der Waals surface area (Å²) in [6.07, 6.45) is 2.87. The van der Waals surface area contributed by atoms with Crippen molar-refractivity contribution in [3.8, 4) is 0 Å². The van der Waals surface area contributed by atoms with E-state index in [4.69, 9.17) is 0 Å². The van der Waals surface area contributed by atoms with Gasteiger partial charge in [-0.2, -0.15) is 0 Å². The van der Waals surface area contributed by atoms with Crippen LogP contribution >= 0.6 is 0 Å². The van der Waals surface area contributed by atoms with E-state index < -0.39 is 0 Å². The average Bonchev–Trinajstić information content (AvgIpc) is 2.40. The Bertz CT molecular complexity index is 524. The van der Waals surface area contributed by atoms with E-state index in [9.17, 15) is 0 Å². The van der Waals surface area contributed by atoms with Gasteiger partial charge in [-0.05, 0) is 35.2 Å². The van der Waals surface area contributed by atoms with Crippen molar-refractivity contribution in [1.82, 2.24) is 0 Å². The first-order valence-electron chi connectivity index (χ1n) is 6.17. The fourth-order valence-corrected chi connectivity index (χ4v) is 2.03. The van der Waals surface area contributed by atoms with Crippen molar-refractivity contribution < 1.29 is 0 Å². The summed E-state index contributed by atoms with van der Waals surface area (Å²) in [5.74, 6) is 0. The molecule has 0 amide bonds. The second-order valence-electron chi connectivity index (χ2n) is 4.64. The molecule has 1 heteroatoms. The Morgan fingerprint density at radius 1 is 1.00 bits per heavy atom. The summed E-state index contributed by atoms with van der Waals surface area (Å²) in [7, 11) is 4.12. The molecule has 1 nitrogen and oxygen atoms in total. The maximum Gasteiger partial charge on any atom is 0.0361 e. The molecular formula is C17H19N. The second kappa shape index (κ2) is 5.54. The molecule has 0 spiro atoms. The van der Waals surface area contributed by atoms with Gasteiger partial charge in [0.2, 0.25) is 0 Å². The monoisotopic (exact) mass is 237 g/mol. The van der Waals surface area contributed by atoms with E-state index in [0.717, 1.165) is 6.42 Å². The lowest BCUT2D eigenvalue weighted by molar-refractivity contribution is 1.12. The number of benzene rings is 2. The minimum atomic E-state index is 0.954. The number of hydrogen-bond acceptors (Lipinski definition) is 1. The molecule has 0 heterocycles. The van der Waals surface area contributed by atoms with Gasteiger partial charge < -0.3 is 4.90 Å². The zero-order valence-electron chi connectivity index (χ0n) is 11.1. The molecule has 2 rings (SSSR count). The molecule has 0 radical (unpaired) electrons. The molecule has 0 saturated carbocycles. The SMILES string of the molecule is C=Cc1ccccc1Cc1ccc(N(C)C)cc1. The lowest BCUT2D eigenvalue weighted by Gasteiger charge is -2.13. The predicted octanol–water partition coefficient (Wildman–Crippen LogP) is 3.99. The largest absolute Gasteiger partial charge is 0.378 e. The fraction of sp³-hybridized carbons (Fsp3) is 0.176. The van der Waals surface area contributed by atoms with Crippen molar-refractivity contribution in [2.75, 3.05) is 19.0 Å². The molecule has 0 saturated heterocycles. The molecule has 2 aromatic rings. The van der Waals surface area contributed by atoms with Crippen molar-refractivity contribution in [1.29, 1.82) is 0 Å². The van der Waals surface area contributed by atoms with E-state index in [-0.39, 0.29) is 0 Å². The molecule has 92 valence electrons. The number of anilines is 1. The van der Waals surface area contributed by atoms with Crippen LogP contribution in [0.4, 0.5) is 5.69 Å².